The molecule has 184 valence electrons. The van der Waals surface area contributed by atoms with Crippen LogP contribution in [0.1, 0.15) is 56.9 Å². The molecule has 34 heavy (non-hydrogen) atoms. The molecule has 1 aromatic heterocycles. The summed E-state index contributed by atoms with van der Waals surface area (Å²) in [6.45, 7) is 6.95. The van der Waals surface area contributed by atoms with Crippen LogP contribution in [0.4, 0.5) is 0 Å². The molecule has 2 saturated carbocycles. The van der Waals surface area contributed by atoms with Crippen molar-refractivity contribution in [2.45, 2.75) is 71.6 Å². The number of rotatable bonds is 7. The van der Waals surface area contributed by atoms with Gasteiger partial charge in [-0.2, -0.15) is 0 Å². The Kier molecular flexibility index (Phi) is 7.78. The summed E-state index contributed by atoms with van der Waals surface area (Å²) >= 11 is 1.63. The molecule has 2 aliphatic carbocycles. The molecule has 0 bridgehead atoms. The zero-order valence-corrected chi connectivity index (χ0v) is 21.3. The summed E-state index contributed by atoms with van der Waals surface area (Å²) in [4.78, 5) is 26.8. The molecule has 6 heteroatoms. The van der Waals surface area contributed by atoms with Crippen LogP contribution in [0.2, 0.25) is 0 Å². The largest absolute Gasteiger partial charge is 0.392 e. The lowest BCUT2D eigenvalue weighted by Gasteiger charge is -2.56. The first-order chi connectivity index (χ1) is 16.3. The number of hydrogen-bond donors (Lipinski definition) is 3. The Labute approximate surface area is 207 Å². The van der Waals surface area contributed by atoms with E-state index in [-0.39, 0.29) is 46.9 Å². The minimum absolute atomic E-state index is 0.0113. The Morgan fingerprint density at radius 2 is 1.88 bits per heavy atom. The first kappa shape index (κ1) is 24.9. The quantitative estimate of drug-likeness (QED) is 0.542. The first-order valence-electron chi connectivity index (χ1n) is 12.6. The lowest BCUT2D eigenvalue weighted by Crippen LogP contribution is -2.58. The van der Waals surface area contributed by atoms with Gasteiger partial charge in [-0.3, -0.25) is 9.59 Å². The molecular formula is C28H38N2O3S. The molecule has 1 aromatic carbocycles. The topological polar surface area (TPSA) is 78.4 Å². The third-order valence-corrected chi connectivity index (χ3v) is 9.39. The lowest BCUT2D eigenvalue weighted by atomic mass is 9.51. The molecule has 2 amide bonds. The van der Waals surface area contributed by atoms with Crippen LogP contribution in [-0.4, -0.2) is 29.1 Å². The smallest absolute Gasteiger partial charge is 0.224 e. The number of carbonyl (C=O) groups is 2. The molecule has 2 fully saturated rings. The van der Waals surface area contributed by atoms with Crippen molar-refractivity contribution < 1.29 is 14.7 Å². The number of benzene rings is 1. The van der Waals surface area contributed by atoms with E-state index in [9.17, 15) is 14.7 Å². The lowest BCUT2D eigenvalue weighted by molar-refractivity contribution is -0.143. The highest BCUT2D eigenvalue weighted by atomic mass is 32.1. The van der Waals surface area contributed by atoms with Gasteiger partial charge in [-0.25, -0.2) is 0 Å². The minimum atomic E-state index is -0.551. The number of aliphatic hydroxyl groups is 1. The van der Waals surface area contributed by atoms with Crippen molar-refractivity contribution >= 4 is 23.2 Å². The fourth-order valence-corrected chi connectivity index (χ4v) is 7.12. The summed E-state index contributed by atoms with van der Waals surface area (Å²) < 4.78 is 0. The van der Waals surface area contributed by atoms with E-state index in [0.717, 1.165) is 36.1 Å². The number of amides is 2. The summed E-state index contributed by atoms with van der Waals surface area (Å²) in [5.74, 6) is -0.0540. The van der Waals surface area contributed by atoms with Gasteiger partial charge >= 0.3 is 0 Å². The highest BCUT2D eigenvalue weighted by Gasteiger charge is 2.53. The zero-order chi connectivity index (χ0) is 24.3. The number of nitrogens with one attached hydrogen (secondary N) is 2. The number of thiophene rings is 1. The van der Waals surface area contributed by atoms with Crippen LogP contribution in [0, 0.1) is 29.1 Å². The molecule has 0 radical (unpaired) electrons. The number of fused-ring (bicyclic) bond motifs is 1. The Hall–Kier alpha value is -2.18. The average molecular weight is 483 g/mol. The summed E-state index contributed by atoms with van der Waals surface area (Å²) in [5.41, 5.74) is 1.05. The third-order valence-electron chi connectivity index (χ3n) is 8.51. The molecule has 2 aromatic rings. The monoisotopic (exact) mass is 482 g/mol. The Morgan fingerprint density at radius 1 is 1.15 bits per heavy atom. The SMILES string of the molecule is CC(C(=O)NCc1cccs1)C1CCC2(C)CCC(NC(=O)Cc3ccccc3)C(C)C2C1O. The highest BCUT2D eigenvalue weighted by molar-refractivity contribution is 7.09. The summed E-state index contributed by atoms with van der Waals surface area (Å²) in [5, 5.41) is 19.9. The van der Waals surface area contributed by atoms with Crippen LogP contribution in [0.15, 0.2) is 47.8 Å². The molecule has 2 aliphatic rings. The Bertz CT molecular complexity index is 963. The van der Waals surface area contributed by atoms with Crippen LogP contribution in [0.5, 0.6) is 0 Å². The second-order valence-electron chi connectivity index (χ2n) is 10.7. The van der Waals surface area contributed by atoms with Gasteiger partial charge in [-0.15, -0.1) is 11.3 Å². The van der Waals surface area contributed by atoms with E-state index in [0.29, 0.717) is 13.0 Å². The second kappa shape index (κ2) is 10.6. The van der Waals surface area contributed by atoms with E-state index >= 15 is 0 Å². The van der Waals surface area contributed by atoms with Crippen LogP contribution >= 0.6 is 11.3 Å². The molecule has 7 unspecified atom stereocenters. The van der Waals surface area contributed by atoms with E-state index in [1.807, 2.05) is 54.8 Å². The zero-order valence-electron chi connectivity index (χ0n) is 20.5. The van der Waals surface area contributed by atoms with E-state index in [2.05, 4.69) is 24.5 Å². The molecule has 1 heterocycles. The molecule has 3 N–H and O–H groups in total. The number of carbonyl (C=O) groups excluding carboxylic acids is 2. The minimum Gasteiger partial charge on any atom is -0.392 e. The van der Waals surface area contributed by atoms with Crippen molar-refractivity contribution in [3.05, 3.63) is 58.3 Å². The fraction of sp³-hybridized carbons (Fsp3) is 0.571. The van der Waals surface area contributed by atoms with Gasteiger partial charge in [0.25, 0.3) is 0 Å². The van der Waals surface area contributed by atoms with Crippen molar-refractivity contribution in [1.29, 1.82) is 0 Å². The highest BCUT2D eigenvalue weighted by Crippen LogP contribution is 2.55. The molecule has 7 atom stereocenters. The van der Waals surface area contributed by atoms with Crippen molar-refractivity contribution in [3.8, 4) is 0 Å². The predicted octanol–water partition coefficient (Wildman–Crippen LogP) is 4.55. The van der Waals surface area contributed by atoms with Crippen LogP contribution in [0.25, 0.3) is 0 Å². The average Bonchev–Trinajstić information content (AvgIpc) is 3.33. The van der Waals surface area contributed by atoms with Crippen molar-refractivity contribution in [3.63, 3.8) is 0 Å². The van der Waals surface area contributed by atoms with E-state index < -0.39 is 6.10 Å². The number of aliphatic hydroxyl groups excluding tert-OH is 1. The van der Waals surface area contributed by atoms with Gasteiger partial charge in [0.2, 0.25) is 11.8 Å². The van der Waals surface area contributed by atoms with Gasteiger partial charge < -0.3 is 15.7 Å². The standard InChI is InChI=1S/C28H38N2O3S/c1-18(27(33)29-17-21-10-7-15-34-21)22-11-13-28(3)14-12-23(19(2)25(28)26(22)32)30-24(31)16-20-8-5-4-6-9-20/h4-10,15,18-19,22-23,25-26,32H,11-14,16-17H2,1-3H3,(H,29,33)(H,30,31). The van der Waals surface area contributed by atoms with Gasteiger partial charge in [0.15, 0.2) is 0 Å². The Balaban J connectivity index is 1.39. The summed E-state index contributed by atoms with van der Waals surface area (Å²) in [6.07, 6.45) is 3.61. The molecular weight excluding hydrogens is 444 g/mol. The molecule has 5 nitrogen and oxygen atoms in total. The van der Waals surface area contributed by atoms with E-state index in [1.54, 1.807) is 11.3 Å². The molecule has 0 aliphatic heterocycles. The molecule has 0 spiro atoms. The summed E-state index contributed by atoms with van der Waals surface area (Å²) in [7, 11) is 0. The van der Waals surface area contributed by atoms with E-state index in [1.165, 1.54) is 0 Å². The maximum atomic E-state index is 12.9. The maximum Gasteiger partial charge on any atom is 0.224 e. The van der Waals surface area contributed by atoms with Crippen molar-refractivity contribution in [2.75, 3.05) is 0 Å². The molecule has 4 rings (SSSR count). The van der Waals surface area contributed by atoms with Crippen LogP contribution in [0.3, 0.4) is 0 Å². The van der Waals surface area contributed by atoms with Gasteiger partial charge in [0.05, 0.1) is 19.1 Å². The van der Waals surface area contributed by atoms with Crippen LogP contribution < -0.4 is 10.6 Å². The van der Waals surface area contributed by atoms with Crippen molar-refractivity contribution in [1.82, 2.24) is 10.6 Å². The van der Waals surface area contributed by atoms with Gasteiger partial charge in [0.1, 0.15) is 0 Å². The van der Waals surface area contributed by atoms with Crippen LogP contribution in [-0.2, 0) is 22.6 Å². The second-order valence-corrected chi connectivity index (χ2v) is 11.7. The third kappa shape index (κ3) is 5.38. The number of hydrogen-bond acceptors (Lipinski definition) is 4. The van der Waals surface area contributed by atoms with Gasteiger partial charge in [-0.05, 0) is 65.9 Å². The molecule has 0 saturated heterocycles. The normalized spacial score (nSPS) is 31.8. The predicted molar refractivity (Wildman–Crippen MR) is 136 cm³/mol. The van der Waals surface area contributed by atoms with Crippen molar-refractivity contribution in [2.24, 2.45) is 29.1 Å². The Morgan fingerprint density at radius 3 is 2.59 bits per heavy atom. The first-order valence-corrected chi connectivity index (χ1v) is 13.5. The van der Waals surface area contributed by atoms with Gasteiger partial charge in [0, 0.05) is 16.8 Å². The maximum absolute atomic E-state index is 12.9. The van der Waals surface area contributed by atoms with Gasteiger partial charge in [-0.1, -0.05) is 57.2 Å². The fourth-order valence-electron chi connectivity index (χ4n) is 6.48. The summed E-state index contributed by atoms with van der Waals surface area (Å²) in [6, 6.07) is 13.9. The van der Waals surface area contributed by atoms with E-state index in [4.69, 9.17) is 0 Å².